The number of aryl methyl sites for hydroxylation is 1. The molecular weight excluding hydrogens is 196 g/mol. The standard InChI is InChI=1S/C10H16N2OS/c1-8-7-14-10(12-8)6-11-13-9-4-2-3-5-9/h7,9,11H,2-6H2,1H3. The minimum Gasteiger partial charge on any atom is -0.298 e. The molecule has 1 saturated carbocycles. The number of hydrogen-bond acceptors (Lipinski definition) is 4. The second-order valence-corrected chi connectivity index (χ2v) is 4.67. The molecule has 1 aromatic heterocycles. The van der Waals surface area contributed by atoms with Crippen LogP contribution >= 0.6 is 11.3 Å². The lowest BCUT2D eigenvalue weighted by atomic mass is 10.3. The second-order valence-electron chi connectivity index (χ2n) is 3.73. The molecule has 0 aliphatic heterocycles. The monoisotopic (exact) mass is 212 g/mol. The van der Waals surface area contributed by atoms with Crippen molar-refractivity contribution in [3.05, 3.63) is 16.1 Å². The molecule has 3 nitrogen and oxygen atoms in total. The Kier molecular flexibility index (Phi) is 3.50. The number of nitrogens with zero attached hydrogens (tertiary/aromatic N) is 1. The van der Waals surface area contributed by atoms with Gasteiger partial charge in [0.2, 0.25) is 0 Å². The van der Waals surface area contributed by atoms with E-state index in [2.05, 4.69) is 15.8 Å². The van der Waals surface area contributed by atoms with Gasteiger partial charge in [0.1, 0.15) is 5.01 Å². The van der Waals surface area contributed by atoms with Crippen molar-refractivity contribution in [2.24, 2.45) is 0 Å². The molecule has 1 aliphatic carbocycles. The highest BCUT2D eigenvalue weighted by Gasteiger charge is 2.15. The maximum Gasteiger partial charge on any atom is 0.109 e. The summed E-state index contributed by atoms with van der Waals surface area (Å²) in [5.74, 6) is 0. The second kappa shape index (κ2) is 4.87. The first-order chi connectivity index (χ1) is 6.84. The smallest absolute Gasteiger partial charge is 0.109 e. The van der Waals surface area contributed by atoms with Gasteiger partial charge in [0.05, 0.1) is 12.6 Å². The Bertz CT molecular complexity index is 281. The normalized spacial score (nSPS) is 17.8. The molecule has 1 N–H and O–H groups in total. The molecule has 4 heteroatoms. The van der Waals surface area contributed by atoms with Crippen LogP contribution in [-0.2, 0) is 11.4 Å². The third-order valence-electron chi connectivity index (χ3n) is 2.44. The van der Waals surface area contributed by atoms with Gasteiger partial charge in [0.25, 0.3) is 0 Å². The topological polar surface area (TPSA) is 34.1 Å². The molecule has 1 fully saturated rings. The number of thiazole rings is 1. The van der Waals surface area contributed by atoms with Crippen molar-refractivity contribution in [2.45, 2.75) is 45.3 Å². The van der Waals surface area contributed by atoms with Gasteiger partial charge in [-0.05, 0) is 19.8 Å². The van der Waals surface area contributed by atoms with Gasteiger partial charge < -0.3 is 0 Å². The fourth-order valence-corrected chi connectivity index (χ4v) is 2.41. The van der Waals surface area contributed by atoms with Crippen LogP contribution in [0.5, 0.6) is 0 Å². The minimum atomic E-state index is 0.427. The average molecular weight is 212 g/mol. The molecule has 1 heterocycles. The van der Waals surface area contributed by atoms with E-state index in [0.29, 0.717) is 6.10 Å². The number of rotatable bonds is 4. The van der Waals surface area contributed by atoms with E-state index in [1.54, 1.807) is 11.3 Å². The summed E-state index contributed by atoms with van der Waals surface area (Å²) in [5.41, 5.74) is 4.10. The van der Waals surface area contributed by atoms with Gasteiger partial charge in [0.15, 0.2) is 0 Å². The molecule has 0 aromatic carbocycles. The quantitative estimate of drug-likeness (QED) is 0.778. The van der Waals surface area contributed by atoms with Crippen molar-refractivity contribution in [3.8, 4) is 0 Å². The summed E-state index contributed by atoms with van der Waals surface area (Å²) in [6.07, 6.45) is 5.44. The number of aromatic nitrogens is 1. The maximum atomic E-state index is 5.53. The predicted octanol–water partition coefficient (Wildman–Crippen LogP) is 2.42. The molecule has 0 bridgehead atoms. The van der Waals surface area contributed by atoms with E-state index >= 15 is 0 Å². The fraction of sp³-hybridized carbons (Fsp3) is 0.700. The molecule has 0 spiro atoms. The summed E-state index contributed by atoms with van der Waals surface area (Å²) < 4.78 is 0. The highest BCUT2D eigenvalue weighted by Crippen LogP contribution is 2.20. The summed E-state index contributed by atoms with van der Waals surface area (Å²) in [7, 11) is 0. The summed E-state index contributed by atoms with van der Waals surface area (Å²) in [5, 5.41) is 3.16. The van der Waals surface area contributed by atoms with E-state index in [9.17, 15) is 0 Å². The molecular formula is C10H16N2OS. The average Bonchev–Trinajstić information content (AvgIpc) is 2.77. The Balaban J connectivity index is 1.67. The van der Waals surface area contributed by atoms with E-state index in [1.165, 1.54) is 25.7 Å². The Morgan fingerprint density at radius 1 is 1.57 bits per heavy atom. The summed E-state index contributed by atoms with van der Waals surface area (Å²) in [4.78, 5) is 9.88. The van der Waals surface area contributed by atoms with Crippen LogP contribution in [0.15, 0.2) is 5.38 Å². The first-order valence-electron chi connectivity index (χ1n) is 5.14. The van der Waals surface area contributed by atoms with E-state index in [1.807, 2.05) is 6.92 Å². The van der Waals surface area contributed by atoms with E-state index in [-0.39, 0.29) is 0 Å². The van der Waals surface area contributed by atoms with Gasteiger partial charge in [-0.2, -0.15) is 5.48 Å². The fourth-order valence-electron chi connectivity index (χ4n) is 1.71. The Hall–Kier alpha value is -0.450. The summed E-state index contributed by atoms with van der Waals surface area (Å²) >= 11 is 1.68. The van der Waals surface area contributed by atoms with Crippen LogP contribution < -0.4 is 5.48 Å². The molecule has 78 valence electrons. The van der Waals surface area contributed by atoms with Gasteiger partial charge in [-0.3, -0.25) is 4.84 Å². The van der Waals surface area contributed by atoms with Crippen molar-refractivity contribution in [2.75, 3.05) is 0 Å². The molecule has 0 unspecified atom stereocenters. The largest absolute Gasteiger partial charge is 0.298 e. The minimum absolute atomic E-state index is 0.427. The zero-order chi connectivity index (χ0) is 9.80. The number of nitrogens with one attached hydrogen (secondary N) is 1. The van der Waals surface area contributed by atoms with Gasteiger partial charge >= 0.3 is 0 Å². The zero-order valence-electron chi connectivity index (χ0n) is 8.45. The van der Waals surface area contributed by atoms with Crippen LogP contribution in [0.2, 0.25) is 0 Å². The van der Waals surface area contributed by atoms with Crippen LogP contribution in [0.4, 0.5) is 0 Å². The molecule has 2 rings (SSSR count). The number of hydrogen-bond donors (Lipinski definition) is 1. The molecule has 0 atom stereocenters. The molecule has 0 amide bonds. The molecule has 1 aliphatic rings. The Morgan fingerprint density at radius 3 is 3.00 bits per heavy atom. The number of hydroxylamine groups is 1. The van der Waals surface area contributed by atoms with E-state index < -0.39 is 0 Å². The van der Waals surface area contributed by atoms with Gasteiger partial charge in [0, 0.05) is 11.1 Å². The third-order valence-corrected chi connectivity index (χ3v) is 3.41. The van der Waals surface area contributed by atoms with Crippen LogP contribution in [0.25, 0.3) is 0 Å². The summed E-state index contributed by atoms with van der Waals surface area (Å²) in [6, 6.07) is 0. The summed E-state index contributed by atoms with van der Waals surface area (Å²) in [6.45, 7) is 2.74. The van der Waals surface area contributed by atoms with Crippen molar-refractivity contribution >= 4 is 11.3 Å². The van der Waals surface area contributed by atoms with Crippen LogP contribution in [0.3, 0.4) is 0 Å². The van der Waals surface area contributed by atoms with Crippen LogP contribution in [0, 0.1) is 6.92 Å². The SMILES string of the molecule is Cc1csc(CNOC2CCCC2)n1. The maximum absolute atomic E-state index is 5.53. The predicted molar refractivity (Wildman–Crippen MR) is 57.0 cm³/mol. The van der Waals surface area contributed by atoms with Crippen molar-refractivity contribution in [3.63, 3.8) is 0 Å². The van der Waals surface area contributed by atoms with Gasteiger partial charge in [-0.1, -0.05) is 12.8 Å². The van der Waals surface area contributed by atoms with Crippen LogP contribution in [0.1, 0.15) is 36.4 Å². The lowest BCUT2D eigenvalue weighted by molar-refractivity contribution is -0.0244. The lowest BCUT2D eigenvalue weighted by Gasteiger charge is -2.09. The Morgan fingerprint density at radius 2 is 2.36 bits per heavy atom. The van der Waals surface area contributed by atoms with E-state index in [0.717, 1.165) is 17.2 Å². The van der Waals surface area contributed by atoms with Crippen molar-refractivity contribution in [1.82, 2.24) is 10.5 Å². The first kappa shape index (κ1) is 10.1. The lowest BCUT2D eigenvalue weighted by Crippen LogP contribution is -2.21. The van der Waals surface area contributed by atoms with E-state index in [4.69, 9.17) is 4.84 Å². The highest BCUT2D eigenvalue weighted by molar-refractivity contribution is 7.09. The Labute approximate surface area is 88.5 Å². The molecule has 0 saturated heterocycles. The van der Waals surface area contributed by atoms with Crippen LogP contribution in [-0.4, -0.2) is 11.1 Å². The molecule has 1 aromatic rings. The zero-order valence-corrected chi connectivity index (χ0v) is 9.27. The van der Waals surface area contributed by atoms with Gasteiger partial charge in [-0.25, -0.2) is 4.98 Å². The van der Waals surface area contributed by atoms with Crippen molar-refractivity contribution < 1.29 is 4.84 Å². The third kappa shape index (κ3) is 2.77. The molecule has 0 radical (unpaired) electrons. The molecule has 14 heavy (non-hydrogen) atoms. The van der Waals surface area contributed by atoms with Gasteiger partial charge in [-0.15, -0.1) is 11.3 Å². The van der Waals surface area contributed by atoms with Crippen molar-refractivity contribution in [1.29, 1.82) is 0 Å². The highest BCUT2D eigenvalue weighted by atomic mass is 32.1. The first-order valence-corrected chi connectivity index (χ1v) is 6.02.